The molecule has 0 aliphatic carbocycles. The first kappa shape index (κ1) is 16.0. The summed E-state index contributed by atoms with van der Waals surface area (Å²) in [5.41, 5.74) is 0. The molecule has 0 aromatic rings. The molecular weight excluding hydrogens is 294 g/mol. The van der Waals surface area contributed by atoms with Crippen LogP contribution in [0.4, 0.5) is 0 Å². The van der Waals surface area contributed by atoms with E-state index in [9.17, 15) is 8.42 Å². The first-order valence-corrected chi connectivity index (χ1v) is 9.72. The molecule has 20 heavy (non-hydrogen) atoms. The Bertz CT molecular complexity index is 431. The summed E-state index contributed by atoms with van der Waals surface area (Å²) in [6.45, 7) is 6.73. The third-order valence-electron chi connectivity index (χ3n) is 4.13. The average Bonchev–Trinajstić information content (AvgIpc) is 2.79. The molecule has 0 radical (unpaired) electrons. The number of thiocarbonyl (C=S) groups is 1. The van der Waals surface area contributed by atoms with Gasteiger partial charge in [-0.2, -0.15) is 0 Å². The van der Waals surface area contributed by atoms with Crippen molar-refractivity contribution < 1.29 is 8.42 Å². The maximum absolute atomic E-state index is 11.5. The zero-order valence-corrected chi connectivity index (χ0v) is 13.8. The second kappa shape index (κ2) is 7.04. The summed E-state index contributed by atoms with van der Waals surface area (Å²) in [5.74, 6) is 0.695. The normalized spacial score (nSPS) is 26.6. The summed E-state index contributed by atoms with van der Waals surface area (Å²) in [6, 6.07) is 0.226. The van der Waals surface area contributed by atoms with Gasteiger partial charge in [-0.3, -0.25) is 4.90 Å². The van der Waals surface area contributed by atoms with Gasteiger partial charge in [0.2, 0.25) is 0 Å². The molecule has 1 N–H and O–H groups in total. The molecule has 0 aromatic heterocycles. The molecule has 116 valence electrons. The minimum absolute atomic E-state index is 0.226. The molecule has 7 heteroatoms. The summed E-state index contributed by atoms with van der Waals surface area (Å²) >= 11 is 5.40. The topological polar surface area (TPSA) is 52.6 Å². The van der Waals surface area contributed by atoms with E-state index in [0.717, 1.165) is 50.7 Å². The van der Waals surface area contributed by atoms with E-state index >= 15 is 0 Å². The molecule has 2 rings (SSSR count). The summed E-state index contributed by atoms with van der Waals surface area (Å²) in [5, 5.41) is 4.14. The number of piperazine rings is 1. The van der Waals surface area contributed by atoms with Crippen LogP contribution in [0.2, 0.25) is 0 Å². The number of rotatable bonds is 4. The van der Waals surface area contributed by atoms with Gasteiger partial charge in [0.25, 0.3) is 0 Å². The van der Waals surface area contributed by atoms with Crippen LogP contribution >= 0.6 is 12.2 Å². The molecule has 5 nitrogen and oxygen atoms in total. The van der Waals surface area contributed by atoms with Crippen molar-refractivity contribution in [3.8, 4) is 0 Å². The van der Waals surface area contributed by atoms with Gasteiger partial charge in [0.15, 0.2) is 14.9 Å². The lowest BCUT2D eigenvalue weighted by molar-refractivity contribution is 0.142. The van der Waals surface area contributed by atoms with Gasteiger partial charge in [-0.15, -0.1) is 0 Å². The van der Waals surface area contributed by atoms with Crippen LogP contribution in [0, 0.1) is 0 Å². The van der Waals surface area contributed by atoms with Crippen LogP contribution in [0.25, 0.3) is 0 Å². The van der Waals surface area contributed by atoms with Crippen LogP contribution in [-0.4, -0.2) is 73.6 Å². The number of sulfone groups is 1. The average molecular weight is 319 g/mol. The highest BCUT2D eigenvalue weighted by atomic mass is 32.2. The van der Waals surface area contributed by atoms with Gasteiger partial charge in [0, 0.05) is 38.8 Å². The van der Waals surface area contributed by atoms with Crippen LogP contribution in [0.3, 0.4) is 0 Å². The fourth-order valence-electron chi connectivity index (χ4n) is 2.84. The molecule has 2 saturated heterocycles. The van der Waals surface area contributed by atoms with Gasteiger partial charge < -0.3 is 10.2 Å². The van der Waals surface area contributed by atoms with Crippen molar-refractivity contribution >= 4 is 27.2 Å². The Labute approximate surface area is 127 Å². The number of nitrogens with one attached hydrogen (secondary N) is 1. The van der Waals surface area contributed by atoms with Gasteiger partial charge in [0.1, 0.15) is 0 Å². The standard InChI is InChI=1S/C13H25N3O2S2/c1-2-3-5-14-13(19)16-8-6-15(7-9-16)12-4-10-20(17,18)11-12/h12H,2-11H2,1H3,(H,14,19)/t12-/m0/s1. The Morgan fingerprint density at radius 1 is 1.30 bits per heavy atom. The van der Waals surface area contributed by atoms with Crippen LogP contribution in [0.5, 0.6) is 0 Å². The first-order valence-electron chi connectivity index (χ1n) is 7.49. The van der Waals surface area contributed by atoms with Crippen molar-refractivity contribution in [3.63, 3.8) is 0 Å². The zero-order valence-electron chi connectivity index (χ0n) is 12.2. The summed E-state index contributed by atoms with van der Waals surface area (Å²) < 4.78 is 23.1. The van der Waals surface area contributed by atoms with E-state index in [1.54, 1.807) is 0 Å². The SMILES string of the molecule is CCCCNC(=S)N1CCN([C@H]2CCS(=O)(=O)C2)CC1. The summed E-state index contributed by atoms with van der Waals surface area (Å²) in [7, 11) is -2.78. The van der Waals surface area contributed by atoms with E-state index in [4.69, 9.17) is 12.2 Å². The molecule has 2 heterocycles. The Balaban J connectivity index is 1.74. The van der Waals surface area contributed by atoms with E-state index in [1.807, 2.05) is 0 Å². The van der Waals surface area contributed by atoms with Crippen molar-refractivity contribution in [3.05, 3.63) is 0 Å². The van der Waals surface area contributed by atoms with Crippen LogP contribution in [-0.2, 0) is 9.84 Å². The summed E-state index contributed by atoms with van der Waals surface area (Å²) in [6.07, 6.45) is 3.10. The predicted octanol–water partition coefficient (Wildman–Crippen LogP) is 0.466. The van der Waals surface area contributed by atoms with Gasteiger partial charge in [-0.1, -0.05) is 13.3 Å². The molecule has 0 aromatic carbocycles. The summed E-state index contributed by atoms with van der Waals surface area (Å²) in [4.78, 5) is 4.51. The third-order valence-corrected chi connectivity index (χ3v) is 6.29. The molecule has 2 aliphatic heterocycles. The van der Waals surface area contributed by atoms with E-state index in [1.165, 1.54) is 6.42 Å². The minimum Gasteiger partial charge on any atom is -0.363 e. The van der Waals surface area contributed by atoms with Crippen LogP contribution in [0.1, 0.15) is 26.2 Å². The lowest BCUT2D eigenvalue weighted by atomic mass is 10.2. The van der Waals surface area contributed by atoms with Gasteiger partial charge in [-0.05, 0) is 25.1 Å². The largest absolute Gasteiger partial charge is 0.363 e. The van der Waals surface area contributed by atoms with Crippen LogP contribution in [0.15, 0.2) is 0 Å². The second-order valence-corrected chi connectivity index (χ2v) is 8.28. The van der Waals surface area contributed by atoms with E-state index in [0.29, 0.717) is 11.5 Å². The fraction of sp³-hybridized carbons (Fsp3) is 0.923. The molecule has 0 unspecified atom stereocenters. The van der Waals surface area contributed by atoms with E-state index in [-0.39, 0.29) is 6.04 Å². The fourth-order valence-corrected chi connectivity index (χ4v) is 4.88. The first-order chi connectivity index (χ1) is 9.52. The highest BCUT2D eigenvalue weighted by molar-refractivity contribution is 7.91. The van der Waals surface area contributed by atoms with Crippen LogP contribution < -0.4 is 5.32 Å². The molecule has 0 saturated carbocycles. The minimum atomic E-state index is -2.78. The molecule has 0 spiro atoms. The van der Waals surface area contributed by atoms with Crippen molar-refractivity contribution in [1.82, 2.24) is 15.1 Å². The lowest BCUT2D eigenvalue weighted by Crippen LogP contribution is -2.54. The Morgan fingerprint density at radius 3 is 2.55 bits per heavy atom. The quantitative estimate of drug-likeness (QED) is 0.600. The van der Waals surface area contributed by atoms with E-state index < -0.39 is 9.84 Å². The van der Waals surface area contributed by atoms with Crippen molar-refractivity contribution in [2.75, 3.05) is 44.2 Å². The van der Waals surface area contributed by atoms with Gasteiger partial charge >= 0.3 is 0 Å². The Morgan fingerprint density at radius 2 is 2.00 bits per heavy atom. The van der Waals surface area contributed by atoms with E-state index in [2.05, 4.69) is 22.0 Å². The molecule has 0 amide bonds. The molecule has 2 fully saturated rings. The van der Waals surface area contributed by atoms with Gasteiger partial charge in [0.05, 0.1) is 11.5 Å². The van der Waals surface area contributed by atoms with Crippen molar-refractivity contribution in [1.29, 1.82) is 0 Å². The van der Waals surface area contributed by atoms with Crippen molar-refractivity contribution in [2.24, 2.45) is 0 Å². The number of hydrogen-bond donors (Lipinski definition) is 1. The Kier molecular flexibility index (Phi) is 5.63. The highest BCUT2D eigenvalue weighted by Gasteiger charge is 2.33. The number of hydrogen-bond acceptors (Lipinski definition) is 4. The number of nitrogens with zero attached hydrogens (tertiary/aromatic N) is 2. The third kappa shape index (κ3) is 4.30. The molecular formula is C13H25N3O2S2. The Hall–Kier alpha value is -0.400. The lowest BCUT2D eigenvalue weighted by Gasteiger charge is -2.38. The highest BCUT2D eigenvalue weighted by Crippen LogP contribution is 2.19. The molecule has 2 aliphatic rings. The number of unbranched alkanes of at least 4 members (excludes halogenated alkanes) is 1. The maximum Gasteiger partial charge on any atom is 0.169 e. The van der Waals surface area contributed by atoms with Gasteiger partial charge in [-0.25, -0.2) is 8.42 Å². The second-order valence-electron chi connectivity index (χ2n) is 5.67. The maximum atomic E-state index is 11.5. The monoisotopic (exact) mass is 319 g/mol. The molecule has 1 atom stereocenters. The zero-order chi connectivity index (χ0) is 14.6. The van der Waals surface area contributed by atoms with Crippen molar-refractivity contribution in [2.45, 2.75) is 32.2 Å². The molecule has 0 bridgehead atoms. The smallest absolute Gasteiger partial charge is 0.169 e. The predicted molar refractivity (Wildman–Crippen MR) is 85.7 cm³/mol.